The van der Waals surface area contributed by atoms with E-state index >= 15 is 0 Å². The predicted molar refractivity (Wildman–Crippen MR) is 52.0 cm³/mol. The summed E-state index contributed by atoms with van der Waals surface area (Å²) < 4.78 is 1.59. The highest BCUT2D eigenvalue weighted by Crippen LogP contribution is 2.19. The van der Waals surface area contributed by atoms with Gasteiger partial charge < -0.3 is 0 Å². The molecule has 0 spiro atoms. The zero-order valence-electron chi connectivity index (χ0n) is 8.09. The summed E-state index contributed by atoms with van der Waals surface area (Å²) in [5.74, 6) is 0.193. The molecule has 0 amide bonds. The number of hydrogen-bond acceptors (Lipinski definition) is 2. The van der Waals surface area contributed by atoms with Crippen molar-refractivity contribution in [1.29, 1.82) is 0 Å². The fraction of sp³-hybridized carbons (Fsp3) is 0.556. The third-order valence-electron chi connectivity index (χ3n) is 2.04. The minimum absolute atomic E-state index is 0.193. The lowest BCUT2D eigenvalue weighted by atomic mass is 10.1. The van der Waals surface area contributed by atoms with Crippen LogP contribution < -0.4 is 0 Å². The normalized spacial score (nSPS) is 10.5. The van der Waals surface area contributed by atoms with Gasteiger partial charge in [0.25, 0.3) is 0 Å². The highest BCUT2D eigenvalue weighted by atomic mass is 35.5. The number of hydrogen-bond donors (Lipinski definition) is 0. The lowest BCUT2D eigenvalue weighted by molar-refractivity contribution is -0.118. The number of rotatable bonds is 3. The molecule has 0 radical (unpaired) electrons. The second-order valence-corrected chi connectivity index (χ2v) is 3.41. The molecule has 1 aromatic heterocycles. The maximum atomic E-state index is 11.2. The predicted octanol–water partition coefficient (Wildman–Crippen LogP) is 1.90. The number of ketones is 1. The van der Waals surface area contributed by atoms with Gasteiger partial charge in [0, 0.05) is 25.5 Å². The van der Waals surface area contributed by atoms with Crippen LogP contribution in [-0.2, 0) is 18.3 Å². The first kappa shape index (κ1) is 10.3. The summed E-state index contributed by atoms with van der Waals surface area (Å²) in [6.45, 7) is 3.71. The highest BCUT2D eigenvalue weighted by molar-refractivity contribution is 6.30. The minimum Gasteiger partial charge on any atom is -0.299 e. The average molecular weight is 201 g/mol. The molecule has 0 saturated carbocycles. The Balaban J connectivity index is 2.94. The van der Waals surface area contributed by atoms with Crippen LogP contribution in [0.4, 0.5) is 0 Å². The molecule has 1 rings (SSSR count). The van der Waals surface area contributed by atoms with Crippen molar-refractivity contribution in [1.82, 2.24) is 9.78 Å². The Morgan fingerprint density at radius 3 is 2.62 bits per heavy atom. The summed E-state index contributed by atoms with van der Waals surface area (Å²) in [4.78, 5) is 11.2. The molecule has 0 aliphatic heterocycles. The molecule has 0 N–H and O–H groups in total. The molecular formula is C9H13ClN2O. The number of Topliss-reactive ketones (excluding diaryl/α,β-unsaturated/α-hetero) is 1. The van der Waals surface area contributed by atoms with Crippen LogP contribution in [0.25, 0.3) is 0 Å². The van der Waals surface area contributed by atoms with Gasteiger partial charge in [-0.25, -0.2) is 0 Å². The van der Waals surface area contributed by atoms with E-state index in [9.17, 15) is 4.79 Å². The second kappa shape index (κ2) is 3.92. The van der Waals surface area contributed by atoms with Crippen molar-refractivity contribution in [2.75, 3.05) is 0 Å². The molecule has 1 aromatic rings. The van der Waals surface area contributed by atoms with Crippen LogP contribution in [0, 0.1) is 6.92 Å². The Morgan fingerprint density at radius 2 is 2.23 bits per heavy atom. The maximum absolute atomic E-state index is 11.2. The molecule has 4 heteroatoms. The summed E-state index contributed by atoms with van der Waals surface area (Å²) in [6.07, 6.45) is 0.944. The van der Waals surface area contributed by atoms with Crippen molar-refractivity contribution >= 4 is 17.4 Å². The largest absolute Gasteiger partial charge is 0.299 e. The van der Waals surface area contributed by atoms with Crippen molar-refractivity contribution in [3.05, 3.63) is 16.4 Å². The van der Waals surface area contributed by atoms with Gasteiger partial charge >= 0.3 is 0 Å². The lowest BCUT2D eigenvalue weighted by Gasteiger charge is -1.97. The van der Waals surface area contributed by atoms with Crippen LogP contribution in [0.1, 0.15) is 24.6 Å². The first-order chi connectivity index (χ1) is 6.06. The smallest absolute Gasteiger partial charge is 0.137 e. The van der Waals surface area contributed by atoms with Gasteiger partial charge in [-0.2, -0.15) is 5.10 Å². The zero-order chi connectivity index (χ0) is 10.0. The van der Waals surface area contributed by atoms with E-state index in [2.05, 4.69) is 5.10 Å². The monoisotopic (exact) mass is 200 g/mol. The van der Waals surface area contributed by atoms with Crippen LogP contribution in [0.3, 0.4) is 0 Å². The van der Waals surface area contributed by atoms with E-state index in [1.54, 1.807) is 11.7 Å². The van der Waals surface area contributed by atoms with E-state index in [0.717, 1.165) is 11.3 Å². The average Bonchev–Trinajstić information content (AvgIpc) is 2.32. The maximum Gasteiger partial charge on any atom is 0.137 e. The van der Waals surface area contributed by atoms with E-state index in [4.69, 9.17) is 11.6 Å². The second-order valence-electron chi connectivity index (χ2n) is 3.05. The van der Waals surface area contributed by atoms with Crippen molar-refractivity contribution in [3.8, 4) is 0 Å². The summed E-state index contributed by atoms with van der Waals surface area (Å²) in [5, 5.41) is 4.70. The molecule has 0 fully saturated rings. The van der Waals surface area contributed by atoms with Gasteiger partial charge in [0.1, 0.15) is 10.9 Å². The van der Waals surface area contributed by atoms with Gasteiger partial charge in [-0.15, -0.1) is 0 Å². The summed E-state index contributed by atoms with van der Waals surface area (Å²) >= 11 is 5.96. The molecule has 3 nitrogen and oxygen atoms in total. The SMILES string of the molecule is CCC(=O)Cc1c(C)nn(C)c1Cl. The molecule has 13 heavy (non-hydrogen) atoms. The fourth-order valence-corrected chi connectivity index (χ4v) is 1.44. The Labute approximate surface area is 82.7 Å². The van der Waals surface area contributed by atoms with Gasteiger partial charge in [0.05, 0.1) is 5.69 Å². The number of carbonyl (C=O) groups excluding carboxylic acids is 1. The Bertz CT molecular complexity index is 331. The van der Waals surface area contributed by atoms with Crippen molar-refractivity contribution in [2.24, 2.45) is 7.05 Å². The number of nitrogens with zero attached hydrogens (tertiary/aromatic N) is 2. The van der Waals surface area contributed by atoms with E-state index < -0.39 is 0 Å². The summed E-state index contributed by atoms with van der Waals surface area (Å²) in [5.41, 5.74) is 1.70. The number of aromatic nitrogens is 2. The van der Waals surface area contributed by atoms with Gasteiger partial charge in [-0.3, -0.25) is 9.48 Å². The Kier molecular flexibility index (Phi) is 3.09. The van der Waals surface area contributed by atoms with Gasteiger partial charge in [-0.05, 0) is 6.92 Å². The summed E-state index contributed by atoms with van der Waals surface area (Å²) in [6, 6.07) is 0. The minimum atomic E-state index is 0.193. The first-order valence-corrected chi connectivity index (χ1v) is 4.63. The number of carbonyl (C=O) groups is 1. The fourth-order valence-electron chi connectivity index (χ4n) is 1.20. The summed E-state index contributed by atoms with van der Waals surface area (Å²) in [7, 11) is 1.77. The lowest BCUT2D eigenvalue weighted by Crippen LogP contribution is -2.01. The van der Waals surface area contributed by atoms with E-state index in [-0.39, 0.29) is 5.78 Å². The van der Waals surface area contributed by atoms with E-state index in [1.807, 2.05) is 13.8 Å². The molecule has 0 aliphatic rings. The van der Waals surface area contributed by atoms with Gasteiger partial charge in [0.2, 0.25) is 0 Å². The van der Waals surface area contributed by atoms with Crippen LogP contribution in [0.15, 0.2) is 0 Å². The molecule has 0 saturated heterocycles. The first-order valence-electron chi connectivity index (χ1n) is 4.26. The standard InChI is InChI=1S/C9H13ClN2O/c1-4-7(13)5-8-6(2)11-12(3)9(8)10/h4-5H2,1-3H3. The van der Waals surface area contributed by atoms with Gasteiger partial charge in [0.15, 0.2) is 0 Å². The zero-order valence-corrected chi connectivity index (χ0v) is 8.85. The van der Waals surface area contributed by atoms with Crippen molar-refractivity contribution < 1.29 is 4.79 Å². The third kappa shape index (κ3) is 2.10. The molecule has 72 valence electrons. The molecule has 0 unspecified atom stereocenters. The highest BCUT2D eigenvalue weighted by Gasteiger charge is 2.13. The molecule has 0 aromatic carbocycles. The van der Waals surface area contributed by atoms with Crippen LogP contribution in [0.5, 0.6) is 0 Å². The van der Waals surface area contributed by atoms with Crippen LogP contribution in [0.2, 0.25) is 5.15 Å². The third-order valence-corrected chi connectivity index (χ3v) is 2.51. The van der Waals surface area contributed by atoms with Crippen molar-refractivity contribution in [3.63, 3.8) is 0 Å². The number of halogens is 1. The Hall–Kier alpha value is -0.830. The Morgan fingerprint density at radius 1 is 1.62 bits per heavy atom. The van der Waals surface area contributed by atoms with E-state index in [1.165, 1.54) is 0 Å². The van der Waals surface area contributed by atoms with E-state index in [0.29, 0.717) is 18.0 Å². The molecule has 0 atom stereocenters. The van der Waals surface area contributed by atoms with Gasteiger partial charge in [-0.1, -0.05) is 18.5 Å². The molecule has 1 heterocycles. The van der Waals surface area contributed by atoms with Crippen LogP contribution >= 0.6 is 11.6 Å². The van der Waals surface area contributed by atoms with Crippen molar-refractivity contribution in [2.45, 2.75) is 26.7 Å². The molecule has 0 bridgehead atoms. The quantitative estimate of drug-likeness (QED) is 0.747. The molecule has 0 aliphatic carbocycles. The van der Waals surface area contributed by atoms with Crippen LogP contribution in [-0.4, -0.2) is 15.6 Å². The topological polar surface area (TPSA) is 34.9 Å². The number of aryl methyl sites for hydroxylation is 2. The molecular weight excluding hydrogens is 188 g/mol.